The van der Waals surface area contributed by atoms with Gasteiger partial charge in [-0.15, -0.1) is 0 Å². The lowest BCUT2D eigenvalue weighted by molar-refractivity contribution is -0.137. The van der Waals surface area contributed by atoms with E-state index in [2.05, 4.69) is 4.98 Å². The molecule has 3 nitrogen and oxygen atoms in total. The Bertz CT molecular complexity index is 668. The Balaban J connectivity index is 2.71. The number of nitrogens with zero attached hydrogens (tertiary/aromatic N) is 1. The summed E-state index contributed by atoms with van der Waals surface area (Å²) >= 11 is 0. The summed E-state index contributed by atoms with van der Waals surface area (Å²) in [7, 11) is 0. The molecule has 0 aliphatic carbocycles. The Morgan fingerprint density at radius 1 is 1.15 bits per heavy atom. The molecule has 0 fully saturated rings. The van der Waals surface area contributed by atoms with Crippen molar-refractivity contribution >= 4 is 5.97 Å². The highest BCUT2D eigenvalue weighted by atomic mass is 19.4. The molecule has 0 saturated heterocycles. The first-order valence-electron chi connectivity index (χ1n) is 5.36. The predicted octanol–water partition coefficient (Wildman–Crippen LogP) is 3.60. The third kappa shape index (κ3) is 2.61. The van der Waals surface area contributed by atoms with Crippen LogP contribution >= 0.6 is 0 Å². The van der Waals surface area contributed by atoms with Crippen LogP contribution in [0.4, 0.5) is 17.6 Å². The van der Waals surface area contributed by atoms with E-state index in [1.807, 2.05) is 0 Å². The van der Waals surface area contributed by atoms with E-state index in [1.54, 1.807) is 0 Å². The van der Waals surface area contributed by atoms with E-state index in [4.69, 9.17) is 5.11 Å². The van der Waals surface area contributed by atoms with Gasteiger partial charge in [0.2, 0.25) is 0 Å². The maximum Gasteiger partial charge on any atom is 0.417 e. The molecule has 0 aliphatic heterocycles. The van der Waals surface area contributed by atoms with E-state index in [9.17, 15) is 22.4 Å². The number of pyridine rings is 1. The molecule has 0 atom stereocenters. The second kappa shape index (κ2) is 4.92. The smallest absolute Gasteiger partial charge is 0.417 e. The highest BCUT2D eigenvalue weighted by Gasteiger charge is 2.32. The van der Waals surface area contributed by atoms with Gasteiger partial charge < -0.3 is 5.11 Å². The van der Waals surface area contributed by atoms with Gasteiger partial charge in [-0.1, -0.05) is 18.2 Å². The van der Waals surface area contributed by atoms with Crippen molar-refractivity contribution in [1.82, 2.24) is 4.98 Å². The summed E-state index contributed by atoms with van der Waals surface area (Å²) in [5.41, 5.74) is -2.43. The molecule has 1 heterocycles. The van der Waals surface area contributed by atoms with Gasteiger partial charge in [-0.2, -0.15) is 13.2 Å². The van der Waals surface area contributed by atoms with Crippen molar-refractivity contribution in [2.45, 2.75) is 6.18 Å². The molecule has 0 bridgehead atoms. The van der Waals surface area contributed by atoms with Crippen LogP contribution in [0.15, 0.2) is 36.5 Å². The summed E-state index contributed by atoms with van der Waals surface area (Å²) in [5, 5.41) is 8.95. The van der Waals surface area contributed by atoms with Crippen molar-refractivity contribution in [3.8, 4) is 11.1 Å². The van der Waals surface area contributed by atoms with Crippen molar-refractivity contribution in [2.75, 3.05) is 0 Å². The van der Waals surface area contributed by atoms with Gasteiger partial charge in [0, 0.05) is 17.3 Å². The molecular weight excluding hydrogens is 278 g/mol. The lowest BCUT2D eigenvalue weighted by Crippen LogP contribution is -2.10. The molecule has 0 spiro atoms. The number of aromatic nitrogens is 1. The maximum atomic E-state index is 13.6. The van der Waals surface area contributed by atoms with Crippen molar-refractivity contribution in [2.24, 2.45) is 0 Å². The van der Waals surface area contributed by atoms with Crippen LogP contribution in [0, 0.1) is 5.82 Å². The monoisotopic (exact) mass is 285 g/mol. The van der Waals surface area contributed by atoms with Crippen LogP contribution in [0.25, 0.3) is 11.1 Å². The van der Waals surface area contributed by atoms with Crippen molar-refractivity contribution in [1.29, 1.82) is 0 Å². The number of benzene rings is 1. The standard InChI is InChI=1S/C13H7F4NO2/c14-10-4-2-1-3-8(10)9-5-7(13(15,16)17)6-18-11(9)12(19)20/h1-6H,(H,19,20). The molecule has 0 amide bonds. The van der Waals surface area contributed by atoms with E-state index in [1.165, 1.54) is 18.2 Å². The Hall–Kier alpha value is -2.44. The molecule has 0 radical (unpaired) electrons. The molecule has 104 valence electrons. The average Bonchev–Trinajstić information content (AvgIpc) is 2.37. The Kier molecular flexibility index (Phi) is 3.44. The number of carboxylic acids is 1. The van der Waals surface area contributed by atoms with E-state index < -0.39 is 34.8 Å². The van der Waals surface area contributed by atoms with Crippen LogP contribution in [-0.4, -0.2) is 16.1 Å². The zero-order valence-corrected chi connectivity index (χ0v) is 9.78. The van der Waals surface area contributed by atoms with Gasteiger partial charge in [0.1, 0.15) is 5.82 Å². The number of carboxylic acid groups (broad SMARTS) is 1. The normalized spacial score (nSPS) is 11.4. The first-order chi connectivity index (χ1) is 9.30. The first kappa shape index (κ1) is 14.0. The van der Waals surface area contributed by atoms with Crippen LogP contribution in [0.3, 0.4) is 0 Å². The quantitative estimate of drug-likeness (QED) is 0.858. The fourth-order valence-corrected chi connectivity index (χ4v) is 1.68. The predicted molar refractivity (Wildman–Crippen MR) is 61.6 cm³/mol. The number of alkyl halides is 3. The number of carbonyl (C=O) groups is 1. The Morgan fingerprint density at radius 3 is 2.35 bits per heavy atom. The average molecular weight is 285 g/mol. The third-order valence-electron chi connectivity index (χ3n) is 2.58. The van der Waals surface area contributed by atoms with Crippen LogP contribution < -0.4 is 0 Å². The van der Waals surface area contributed by atoms with Gasteiger partial charge in [0.25, 0.3) is 0 Å². The van der Waals surface area contributed by atoms with Gasteiger partial charge in [0.05, 0.1) is 5.56 Å². The van der Waals surface area contributed by atoms with Crippen LogP contribution in [0.2, 0.25) is 0 Å². The SMILES string of the molecule is O=C(O)c1ncc(C(F)(F)F)cc1-c1ccccc1F. The highest BCUT2D eigenvalue weighted by molar-refractivity contribution is 5.94. The molecule has 1 N–H and O–H groups in total. The summed E-state index contributed by atoms with van der Waals surface area (Å²) in [5.74, 6) is -2.35. The van der Waals surface area contributed by atoms with Crippen LogP contribution in [0.5, 0.6) is 0 Å². The lowest BCUT2D eigenvalue weighted by Gasteiger charge is -2.11. The highest BCUT2D eigenvalue weighted by Crippen LogP contribution is 2.33. The molecule has 2 rings (SSSR count). The molecule has 20 heavy (non-hydrogen) atoms. The fourth-order valence-electron chi connectivity index (χ4n) is 1.68. The molecule has 0 aliphatic rings. The second-order valence-electron chi connectivity index (χ2n) is 3.90. The summed E-state index contributed by atoms with van der Waals surface area (Å²) < 4.78 is 51.6. The van der Waals surface area contributed by atoms with Gasteiger partial charge in [-0.05, 0) is 12.1 Å². The van der Waals surface area contributed by atoms with E-state index in [-0.39, 0.29) is 5.56 Å². The Labute approximate surface area is 110 Å². The molecule has 0 unspecified atom stereocenters. The summed E-state index contributed by atoms with van der Waals surface area (Å²) in [4.78, 5) is 14.3. The van der Waals surface area contributed by atoms with E-state index in [0.29, 0.717) is 12.3 Å². The van der Waals surface area contributed by atoms with Gasteiger partial charge in [-0.3, -0.25) is 0 Å². The molecule has 1 aromatic heterocycles. The summed E-state index contributed by atoms with van der Waals surface area (Å²) in [6.45, 7) is 0. The number of halogens is 4. The molecular formula is C13H7F4NO2. The number of hydrogen-bond donors (Lipinski definition) is 1. The van der Waals surface area contributed by atoms with Crippen LogP contribution in [-0.2, 0) is 6.18 Å². The number of rotatable bonds is 2. The Morgan fingerprint density at radius 2 is 1.80 bits per heavy atom. The maximum absolute atomic E-state index is 13.6. The van der Waals surface area contributed by atoms with Crippen molar-refractivity contribution in [3.63, 3.8) is 0 Å². The lowest BCUT2D eigenvalue weighted by atomic mass is 10.0. The summed E-state index contributed by atoms with van der Waals surface area (Å²) in [6, 6.07) is 5.54. The topological polar surface area (TPSA) is 50.2 Å². The largest absolute Gasteiger partial charge is 0.476 e. The molecule has 1 aromatic carbocycles. The minimum atomic E-state index is -4.69. The minimum Gasteiger partial charge on any atom is -0.476 e. The first-order valence-corrected chi connectivity index (χ1v) is 5.36. The van der Waals surface area contributed by atoms with Crippen molar-refractivity contribution < 1.29 is 27.5 Å². The minimum absolute atomic E-state index is 0.247. The van der Waals surface area contributed by atoms with E-state index >= 15 is 0 Å². The molecule has 2 aromatic rings. The van der Waals surface area contributed by atoms with Crippen molar-refractivity contribution in [3.05, 3.63) is 53.6 Å². The van der Waals surface area contributed by atoms with E-state index in [0.717, 1.165) is 6.07 Å². The number of aromatic carboxylic acids is 1. The third-order valence-corrected chi connectivity index (χ3v) is 2.58. The zero-order valence-electron chi connectivity index (χ0n) is 9.78. The number of hydrogen-bond acceptors (Lipinski definition) is 2. The summed E-state index contributed by atoms with van der Waals surface area (Å²) in [6.07, 6.45) is -4.28. The van der Waals surface area contributed by atoms with Gasteiger partial charge in [0.15, 0.2) is 5.69 Å². The second-order valence-corrected chi connectivity index (χ2v) is 3.90. The molecule has 7 heteroatoms. The zero-order chi connectivity index (χ0) is 14.9. The van der Waals surface area contributed by atoms with Gasteiger partial charge >= 0.3 is 12.1 Å². The molecule has 0 saturated carbocycles. The fraction of sp³-hybridized carbons (Fsp3) is 0.0769. The van der Waals surface area contributed by atoms with Crippen LogP contribution in [0.1, 0.15) is 16.1 Å². The van der Waals surface area contributed by atoms with Gasteiger partial charge in [-0.25, -0.2) is 14.2 Å².